The number of nitrogens with zero attached hydrogens (tertiary/aromatic N) is 1. The van der Waals surface area contributed by atoms with Gasteiger partial charge < -0.3 is 14.6 Å². The molecule has 1 amide bonds. The lowest BCUT2D eigenvalue weighted by Gasteiger charge is -2.14. The molecule has 5 nitrogen and oxygen atoms in total. The standard InChI is InChI=1S/C15H15ClN2O3/c1-10(21-15(20)13-7-4-8-18(13)2)14(19)17-12-6-3-5-11(16)9-12/h3-10H,1-2H3,(H,17,19)/t10-/m1/s1. The number of ether oxygens (including phenoxy) is 1. The van der Waals surface area contributed by atoms with Gasteiger partial charge in [-0.3, -0.25) is 4.79 Å². The van der Waals surface area contributed by atoms with Crippen LogP contribution >= 0.6 is 11.6 Å². The number of anilines is 1. The molecule has 0 saturated heterocycles. The van der Waals surface area contributed by atoms with Crippen LogP contribution in [0.2, 0.25) is 5.02 Å². The number of esters is 1. The van der Waals surface area contributed by atoms with Crippen molar-refractivity contribution in [3.63, 3.8) is 0 Å². The molecule has 6 heteroatoms. The highest BCUT2D eigenvalue weighted by Gasteiger charge is 2.20. The van der Waals surface area contributed by atoms with E-state index in [0.29, 0.717) is 16.4 Å². The van der Waals surface area contributed by atoms with Gasteiger partial charge in [0.1, 0.15) is 5.69 Å². The third-order valence-corrected chi connectivity index (χ3v) is 3.13. The second-order valence-electron chi connectivity index (χ2n) is 4.55. The minimum absolute atomic E-state index is 0.386. The Labute approximate surface area is 127 Å². The second-order valence-corrected chi connectivity index (χ2v) is 4.99. The van der Waals surface area contributed by atoms with Crippen LogP contribution in [0, 0.1) is 0 Å². The normalized spacial score (nSPS) is 11.8. The lowest BCUT2D eigenvalue weighted by molar-refractivity contribution is -0.123. The van der Waals surface area contributed by atoms with Crippen molar-refractivity contribution in [2.75, 3.05) is 5.32 Å². The Morgan fingerprint density at radius 3 is 2.67 bits per heavy atom. The minimum Gasteiger partial charge on any atom is -0.448 e. The number of carbonyl (C=O) groups is 2. The number of nitrogens with one attached hydrogen (secondary N) is 1. The summed E-state index contributed by atoms with van der Waals surface area (Å²) in [5.41, 5.74) is 0.937. The summed E-state index contributed by atoms with van der Waals surface area (Å²) in [6, 6.07) is 10.1. The Morgan fingerprint density at radius 1 is 1.29 bits per heavy atom. The molecule has 0 radical (unpaired) electrons. The third kappa shape index (κ3) is 3.86. The molecule has 2 aromatic rings. The molecule has 0 bridgehead atoms. The number of hydrogen-bond acceptors (Lipinski definition) is 3. The average molecular weight is 307 g/mol. The first-order chi connectivity index (χ1) is 9.97. The fourth-order valence-corrected chi connectivity index (χ4v) is 1.95. The van der Waals surface area contributed by atoms with Gasteiger partial charge in [0, 0.05) is 24.0 Å². The summed E-state index contributed by atoms with van der Waals surface area (Å²) in [7, 11) is 1.73. The Bertz CT molecular complexity index is 666. The minimum atomic E-state index is -0.911. The van der Waals surface area contributed by atoms with Crippen LogP contribution in [0.15, 0.2) is 42.6 Å². The quantitative estimate of drug-likeness (QED) is 0.884. The lowest BCUT2D eigenvalue weighted by Crippen LogP contribution is -2.30. The fourth-order valence-electron chi connectivity index (χ4n) is 1.76. The molecule has 1 atom stereocenters. The zero-order valence-electron chi connectivity index (χ0n) is 11.7. The summed E-state index contributed by atoms with van der Waals surface area (Å²) in [5, 5.41) is 3.16. The van der Waals surface area contributed by atoms with E-state index in [9.17, 15) is 9.59 Å². The van der Waals surface area contributed by atoms with E-state index in [0.717, 1.165) is 0 Å². The van der Waals surface area contributed by atoms with Crippen molar-refractivity contribution in [2.45, 2.75) is 13.0 Å². The number of aryl methyl sites for hydroxylation is 1. The van der Waals surface area contributed by atoms with Crippen LogP contribution in [0.4, 0.5) is 5.69 Å². The maximum atomic E-state index is 12.0. The summed E-state index contributed by atoms with van der Waals surface area (Å²) < 4.78 is 6.76. The van der Waals surface area contributed by atoms with Crippen LogP contribution in [0.3, 0.4) is 0 Å². The van der Waals surface area contributed by atoms with Gasteiger partial charge in [0.05, 0.1) is 0 Å². The molecule has 1 heterocycles. The molecule has 1 aromatic carbocycles. The van der Waals surface area contributed by atoms with Crippen LogP contribution in [0.25, 0.3) is 0 Å². The highest BCUT2D eigenvalue weighted by molar-refractivity contribution is 6.30. The van der Waals surface area contributed by atoms with E-state index in [1.807, 2.05) is 0 Å². The first kappa shape index (κ1) is 15.1. The molecule has 1 N–H and O–H groups in total. The van der Waals surface area contributed by atoms with E-state index in [1.54, 1.807) is 54.2 Å². The summed E-state index contributed by atoms with van der Waals surface area (Å²) >= 11 is 5.84. The van der Waals surface area contributed by atoms with E-state index in [2.05, 4.69) is 5.32 Å². The molecule has 0 aliphatic rings. The van der Waals surface area contributed by atoms with Gasteiger partial charge in [-0.05, 0) is 37.3 Å². The number of aromatic nitrogens is 1. The largest absolute Gasteiger partial charge is 0.448 e. The SMILES string of the molecule is C[C@@H](OC(=O)c1cccn1C)C(=O)Nc1cccc(Cl)c1. The zero-order valence-corrected chi connectivity index (χ0v) is 12.4. The van der Waals surface area contributed by atoms with Crippen molar-refractivity contribution < 1.29 is 14.3 Å². The predicted molar refractivity (Wildman–Crippen MR) is 80.4 cm³/mol. The fraction of sp³-hybridized carbons (Fsp3) is 0.200. The van der Waals surface area contributed by atoms with Gasteiger partial charge in [-0.15, -0.1) is 0 Å². The monoisotopic (exact) mass is 306 g/mol. The van der Waals surface area contributed by atoms with Gasteiger partial charge in [-0.25, -0.2) is 4.79 Å². The Balaban J connectivity index is 1.97. The van der Waals surface area contributed by atoms with Crippen molar-refractivity contribution in [3.8, 4) is 0 Å². The van der Waals surface area contributed by atoms with Gasteiger partial charge in [0.25, 0.3) is 5.91 Å². The van der Waals surface area contributed by atoms with Crippen LogP contribution in [-0.2, 0) is 16.6 Å². The smallest absolute Gasteiger partial charge is 0.355 e. The summed E-state index contributed by atoms with van der Waals surface area (Å²) in [4.78, 5) is 23.9. The molecule has 0 aliphatic heterocycles. The lowest BCUT2D eigenvalue weighted by atomic mass is 10.3. The number of benzene rings is 1. The zero-order chi connectivity index (χ0) is 15.4. The van der Waals surface area contributed by atoms with Crippen molar-refractivity contribution in [2.24, 2.45) is 7.05 Å². The molecule has 21 heavy (non-hydrogen) atoms. The first-order valence-electron chi connectivity index (χ1n) is 6.36. The Morgan fingerprint density at radius 2 is 2.05 bits per heavy atom. The van der Waals surface area contributed by atoms with Gasteiger partial charge in [-0.1, -0.05) is 17.7 Å². The van der Waals surface area contributed by atoms with Crippen LogP contribution < -0.4 is 5.32 Å². The van der Waals surface area contributed by atoms with E-state index < -0.39 is 18.0 Å². The molecule has 0 saturated carbocycles. The van der Waals surface area contributed by atoms with Crippen LogP contribution in [-0.4, -0.2) is 22.5 Å². The van der Waals surface area contributed by atoms with E-state index in [1.165, 1.54) is 6.92 Å². The summed E-state index contributed by atoms with van der Waals surface area (Å²) in [6.07, 6.45) is 0.819. The first-order valence-corrected chi connectivity index (χ1v) is 6.74. The molecule has 0 aliphatic carbocycles. The highest BCUT2D eigenvalue weighted by Crippen LogP contribution is 2.15. The van der Waals surface area contributed by atoms with Gasteiger partial charge in [0.15, 0.2) is 6.10 Å². The van der Waals surface area contributed by atoms with E-state index >= 15 is 0 Å². The summed E-state index contributed by atoms with van der Waals surface area (Å²) in [5.74, 6) is -0.962. The summed E-state index contributed by atoms with van der Waals surface area (Å²) in [6.45, 7) is 1.51. The number of halogens is 1. The molecular weight excluding hydrogens is 292 g/mol. The third-order valence-electron chi connectivity index (χ3n) is 2.90. The highest BCUT2D eigenvalue weighted by atomic mass is 35.5. The van der Waals surface area contributed by atoms with Crippen molar-refractivity contribution in [1.82, 2.24) is 4.57 Å². The molecule has 0 fully saturated rings. The van der Waals surface area contributed by atoms with Crippen LogP contribution in [0.5, 0.6) is 0 Å². The second kappa shape index (κ2) is 6.45. The number of carbonyl (C=O) groups excluding carboxylic acids is 2. The average Bonchev–Trinajstić information content (AvgIpc) is 2.85. The topological polar surface area (TPSA) is 60.3 Å². The van der Waals surface area contributed by atoms with E-state index in [4.69, 9.17) is 16.3 Å². The molecule has 0 unspecified atom stereocenters. The number of rotatable bonds is 4. The molecule has 2 rings (SSSR count). The Hall–Kier alpha value is -2.27. The van der Waals surface area contributed by atoms with Gasteiger partial charge >= 0.3 is 5.97 Å². The molecular formula is C15H15ClN2O3. The number of amides is 1. The van der Waals surface area contributed by atoms with Gasteiger partial charge in [0.2, 0.25) is 0 Å². The van der Waals surface area contributed by atoms with E-state index in [-0.39, 0.29) is 0 Å². The van der Waals surface area contributed by atoms with Crippen LogP contribution in [0.1, 0.15) is 17.4 Å². The maximum Gasteiger partial charge on any atom is 0.355 e. The molecule has 0 spiro atoms. The van der Waals surface area contributed by atoms with Gasteiger partial charge in [-0.2, -0.15) is 0 Å². The predicted octanol–water partition coefficient (Wildman–Crippen LogP) is 2.86. The van der Waals surface area contributed by atoms with Crippen molar-refractivity contribution in [3.05, 3.63) is 53.3 Å². The van der Waals surface area contributed by atoms with Crippen molar-refractivity contribution >= 4 is 29.2 Å². The maximum absolute atomic E-state index is 12.0. The molecule has 1 aromatic heterocycles. The Kier molecular flexibility index (Phi) is 4.65. The molecule has 110 valence electrons. The van der Waals surface area contributed by atoms with Crippen molar-refractivity contribution in [1.29, 1.82) is 0 Å². The number of hydrogen-bond donors (Lipinski definition) is 1.